The van der Waals surface area contributed by atoms with Crippen LogP contribution in [0.3, 0.4) is 0 Å². The van der Waals surface area contributed by atoms with E-state index in [0.717, 1.165) is 4.90 Å². The second-order valence-electron chi connectivity index (χ2n) is 4.27. The second kappa shape index (κ2) is 4.70. The Kier molecular flexibility index (Phi) is 3.41. The Balaban J connectivity index is 2.42. The van der Waals surface area contributed by atoms with Gasteiger partial charge in [-0.25, -0.2) is 9.18 Å². The van der Waals surface area contributed by atoms with Crippen molar-refractivity contribution in [3.8, 4) is 0 Å². The predicted octanol–water partition coefficient (Wildman–Crippen LogP) is 1.97. The van der Waals surface area contributed by atoms with E-state index in [1.54, 1.807) is 0 Å². The minimum Gasteiger partial charge on any atom is -0.465 e. The van der Waals surface area contributed by atoms with Crippen molar-refractivity contribution in [2.45, 2.75) is 25.5 Å². The third-order valence-electron chi connectivity index (χ3n) is 3.04. The molecule has 1 aromatic rings. The topological polar surface area (TPSA) is 73.7 Å². The van der Waals surface area contributed by atoms with Gasteiger partial charge in [-0.15, -0.1) is 0 Å². The number of aromatic nitrogens is 1. The molecule has 0 bridgehead atoms. The van der Waals surface area contributed by atoms with Gasteiger partial charge in [0.1, 0.15) is 0 Å². The number of carboxylic acid groups (broad SMARTS) is 1. The van der Waals surface area contributed by atoms with Crippen LogP contribution in [0.25, 0.3) is 0 Å². The van der Waals surface area contributed by atoms with Gasteiger partial charge in [0.15, 0.2) is 5.82 Å². The van der Waals surface area contributed by atoms with Crippen LogP contribution in [0.4, 0.5) is 9.18 Å². The number of aliphatic hydroxyl groups is 1. The number of β-amino-alcohol motifs (C(OH)–C–C–N with tert-alkyl or cyclic N) is 1. The van der Waals surface area contributed by atoms with Crippen LogP contribution in [0.2, 0.25) is 5.02 Å². The van der Waals surface area contributed by atoms with Gasteiger partial charge in [-0.3, -0.25) is 9.88 Å². The minimum atomic E-state index is -1.17. The molecular formula is C11H12ClFN2O3. The molecule has 0 saturated carbocycles. The molecule has 1 amide bonds. The van der Waals surface area contributed by atoms with Crippen molar-refractivity contribution in [1.29, 1.82) is 0 Å². The third kappa shape index (κ3) is 2.13. The molecule has 0 aromatic carbocycles. The number of halogens is 2. The number of nitrogens with zero attached hydrogens (tertiary/aromatic N) is 2. The maximum absolute atomic E-state index is 13.6. The molecule has 0 radical (unpaired) electrons. The Morgan fingerprint density at radius 1 is 1.67 bits per heavy atom. The molecule has 2 N–H and O–H groups in total. The van der Waals surface area contributed by atoms with Crippen LogP contribution >= 0.6 is 11.6 Å². The van der Waals surface area contributed by atoms with E-state index in [2.05, 4.69) is 4.98 Å². The quantitative estimate of drug-likeness (QED) is 0.821. The van der Waals surface area contributed by atoms with Crippen LogP contribution in [-0.4, -0.2) is 38.8 Å². The first kappa shape index (κ1) is 13.0. The molecule has 1 aliphatic heterocycles. The maximum Gasteiger partial charge on any atom is 0.407 e. The smallest absolute Gasteiger partial charge is 0.407 e. The van der Waals surface area contributed by atoms with E-state index in [4.69, 9.17) is 16.7 Å². The number of carbonyl (C=O) groups is 1. The highest BCUT2D eigenvalue weighted by Crippen LogP contribution is 2.36. The van der Waals surface area contributed by atoms with Crippen LogP contribution in [0.15, 0.2) is 6.20 Å². The Hall–Kier alpha value is -1.40. The number of hydrogen-bond donors (Lipinski definition) is 2. The zero-order chi connectivity index (χ0) is 13.4. The number of pyridine rings is 1. The number of aliphatic hydroxyl groups excluding tert-OH is 1. The summed E-state index contributed by atoms with van der Waals surface area (Å²) in [7, 11) is 0. The summed E-state index contributed by atoms with van der Waals surface area (Å²) in [6.45, 7) is 1.47. The average Bonchev–Trinajstić information content (AvgIpc) is 2.68. The molecule has 0 aliphatic carbocycles. The van der Waals surface area contributed by atoms with Gasteiger partial charge in [0.25, 0.3) is 0 Å². The first-order chi connectivity index (χ1) is 8.41. The number of likely N-dealkylation sites (tertiary alicyclic amines) is 1. The van der Waals surface area contributed by atoms with Gasteiger partial charge in [0.2, 0.25) is 0 Å². The fourth-order valence-electron chi connectivity index (χ4n) is 2.12. The van der Waals surface area contributed by atoms with Crippen molar-refractivity contribution in [3.05, 3.63) is 28.3 Å². The Morgan fingerprint density at radius 3 is 2.94 bits per heavy atom. The molecule has 5 nitrogen and oxygen atoms in total. The first-order valence-electron chi connectivity index (χ1n) is 5.40. The lowest BCUT2D eigenvalue weighted by Crippen LogP contribution is -2.30. The van der Waals surface area contributed by atoms with Crippen LogP contribution in [0.5, 0.6) is 0 Å². The molecule has 2 rings (SSSR count). The Labute approximate surface area is 108 Å². The van der Waals surface area contributed by atoms with Gasteiger partial charge in [-0.05, 0) is 13.3 Å². The number of aryl methyl sites for hydroxylation is 1. The lowest BCUT2D eigenvalue weighted by atomic mass is 10.1. The van der Waals surface area contributed by atoms with Crippen LogP contribution in [0.1, 0.15) is 23.7 Å². The molecule has 0 spiro atoms. The van der Waals surface area contributed by atoms with E-state index >= 15 is 0 Å². The van der Waals surface area contributed by atoms with Gasteiger partial charge in [0, 0.05) is 11.8 Å². The highest BCUT2D eigenvalue weighted by Gasteiger charge is 2.37. The fourth-order valence-corrected chi connectivity index (χ4v) is 2.43. The molecule has 2 heterocycles. The van der Waals surface area contributed by atoms with Crippen molar-refractivity contribution >= 4 is 17.7 Å². The van der Waals surface area contributed by atoms with Crippen molar-refractivity contribution in [2.75, 3.05) is 6.54 Å². The highest BCUT2D eigenvalue weighted by atomic mass is 35.5. The molecule has 1 aromatic heterocycles. The van der Waals surface area contributed by atoms with Crippen LogP contribution in [-0.2, 0) is 0 Å². The number of hydrogen-bond acceptors (Lipinski definition) is 3. The summed E-state index contributed by atoms with van der Waals surface area (Å²) in [5, 5.41) is 18.4. The fraction of sp³-hybridized carbons (Fsp3) is 0.455. The van der Waals surface area contributed by atoms with Gasteiger partial charge < -0.3 is 10.2 Å². The monoisotopic (exact) mass is 274 g/mol. The van der Waals surface area contributed by atoms with Crippen molar-refractivity contribution in [3.63, 3.8) is 0 Å². The highest BCUT2D eigenvalue weighted by molar-refractivity contribution is 6.31. The Morgan fingerprint density at radius 2 is 2.33 bits per heavy atom. The van der Waals surface area contributed by atoms with Gasteiger partial charge in [-0.2, -0.15) is 0 Å². The van der Waals surface area contributed by atoms with Gasteiger partial charge in [0.05, 0.1) is 29.4 Å². The standard InChI is InChI=1S/C11H12ClFN2O3/c1-5-10(13)9(12)7(3-14-5)8-2-6(16)4-15(8)11(17)18/h3,6,8,16H,2,4H2,1H3,(H,17,18)/t6-,8+/m1/s1. The normalized spacial score (nSPS) is 23.4. The summed E-state index contributed by atoms with van der Waals surface area (Å²) in [6.07, 6.45) is -0.393. The molecule has 0 unspecified atom stereocenters. The van der Waals surface area contributed by atoms with Crippen molar-refractivity contribution in [2.24, 2.45) is 0 Å². The molecule has 98 valence electrons. The SMILES string of the molecule is Cc1ncc([C@@H]2C[C@@H](O)CN2C(=O)O)c(Cl)c1F. The summed E-state index contributed by atoms with van der Waals surface area (Å²) in [4.78, 5) is 15.9. The minimum absolute atomic E-state index is 0.00811. The van der Waals surface area contributed by atoms with E-state index in [1.165, 1.54) is 13.1 Å². The second-order valence-corrected chi connectivity index (χ2v) is 4.65. The largest absolute Gasteiger partial charge is 0.465 e. The summed E-state index contributed by atoms with van der Waals surface area (Å²) in [5.74, 6) is -0.652. The molecule has 1 saturated heterocycles. The summed E-state index contributed by atoms with van der Waals surface area (Å²) in [5.41, 5.74) is 0.447. The van der Waals surface area contributed by atoms with Crippen molar-refractivity contribution in [1.82, 2.24) is 9.88 Å². The lowest BCUT2D eigenvalue weighted by Gasteiger charge is -2.22. The van der Waals surface area contributed by atoms with Crippen LogP contribution < -0.4 is 0 Å². The van der Waals surface area contributed by atoms with E-state index in [-0.39, 0.29) is 23.7 Å². The van der Waals surface area contributed by atoms with Crippen LogP contribution in [0, 0.1) is 12.7 Å². The Bertz CT molecular complexity index is 497. The third-order valence-corrected chi connectivity index (χ3v) is 3.43. The molecular weight excluding hydrogens is 263 g/mol. The van der Waals surface area contributed by atoms with Gasteiger partial charge >= 0.3 is 6.09 Å². The van der Waals surface area contributed by atoms with Gasteiger partial charge in [-0.1, -0.05) is 11.6 Å². The molecule has 1 aliphatic rings. The number of rotatable bonds is 1. The molecule has 7 heteroatoms. The zero-order valence-electron chi connectivity index (χ0n) is 9.60. The predicted molar refractivity (Wildman–Crippen MR) is 62.0 cm³/mol. The van der Waals surface area contributed by atoms with E-state index in [1.807, 2.05) is 0 Å². The lowest BCUT2D eigenvalue weighted by molar-refractivity contribution is 0.131. The molecule has 1 fully saturated rings. The van der Waals surface area contributed by atoms with E-state index < -0.39 is 24.1 Å². The summed E-state index contributed by atoms with van der Waals surface area (Å²) >= 11 is 5.88. The molecule has 18 heavy (non-hydrogen) atoms. The first-order valence-corrected chi connectivity index (χ1v) is 5.77. The van der Waals surface area contributed by atoms with Crippen molar-refractivity contribution < 1.29 is 19.4 Å². The average molecular weight is 275 g/mol. The van der Waals surface area contributed by atoms with E-state index in [0.29, 0.717) is 5.56 Å². The zero-order valence-corrected chi connectivity index (χ0v) is 10.4. The number of amides is 1. The summed E-state index contributed by atoms with van der Waals surface area (Å²) < 4.78 is 13.6. The summed E-state index contributed by atoms with van der Waals surface area (Å²) in [6, 6.07) is -0.660. The maximum atomic E-state index is 13.6. The molecule has 2 atom stereocenters. The van der Waals surface area contributed by atoms with E-state index in [9.17, 15) is 14.3 Å².